The monoisotopic (exact) mass is 435 g/mol. The predicted octanol–water partition coefficient (Wildman–Crippen LogP) is 4.89. The summed E-state index contributed by atoms with van der Waals surface area (Å²) in [6, 6.07) is 13.7. The molecule has 0 bridgehead atoms. The topological polar surface area (TPSA) is 55.2 Å². The van der Waals surface area contributed by atoms with Crippen molar-refractivity contribution < 1.29 is 4.79 Å². The number of benzene rings is 2. The average molecular weight is 436 g/mol. The van der Waals surface area contributed by atoms with Crippen molar-refractivity contribution in [1.82, 2.24) is 14.5 Å². The SMILES string of the molecule is Cc1cccc(-n2c(SCC(=O)N(C)C3CCCCC3)nc3ccccc3c2=O)c1C. The molecule has 0 atom stereocenters. The van der Waals surface area contributed by atoms with E-state index in [1.54, 1.807) is 4.57 Å². The van der Waals surface area contributed by atoms with Crippen LogP contribution in [0.3, 0.4) is 0 Å². The maximum absolute atomic E-state index is 13.5. The summed E-state index contributed by atoms with van der Waals surface area (Å²) in [6.07, 6.45) is 5.79. The van der Waals surface area contributed by atoms with E-state index in [-0.39, 0.29) is 17.2 Å². The number of aryl methyl sites for hydroxylation is 1. The zero-order chi connectivity index (χ0) is 22.0. The van der Waals surface area contributed by atoms with Gasteiger partial charge in [-0.2, -0.15) is 0 Å². The molecule has 0 aliphatic heterocycles. The molecular formula is C25H29N3O2S. The highest BCUT2D eigenvalue weighted by Gasteiger charge is 2.23. The minimum absolute atomic E-state index is 0.0896. The van der Waals surface area contributed by atoms with E-state index in [1.807, 2.05) is 68.3 Å². The summed E-state index contributed by atoms with van der Waals surface area (Å²) in [4.78, 5) is 33.1. The van der Waals surface area contributed by atoms with E-state index < -0.39 is 0 Å². The van der Waals surface area contributed by atoms with Crippen LogP contribution in [-0.4, -0.2) is 39.2 Å². The number of hydrogen-bond acceptors (Lipinski definition) is 4. The van der Waals surface area contributed by atoms with Gasteiger partial charge in [0.05, 0.1) is 22.3 Å². The summed E-state index contributed by atoms with van der Waals surface area (Å²) in [7, 11) is 1.91. The molecule has 162 valence electrons. The lowest BCUT2D eigenvalue weighted by Gasteiger charge is -2.31. The van der Waals surface area contributed by atoms with Gasteiger partial charge in [-0.05, 0) is 56.0 Å². The van der Waals surface area contributed by atoms with Crippen molar-refractivity contribution >= 4 is 28.6 Å². The molecule has 0 radical (unpaired) electrons. The average Bonchev–Trinajstić information content (AvgIpc) is 2.80. The van der Waals surface area contributed by atoms with E-state index in [0.29, 0.717) is 22.1 Å². The fraction of sp³-hybridized carbons (Fsp3) is 0.400. The van der Waals surface area contributed by atoms with Gasteiger partial charge in [0.25, 0.3) is 5.56 Å². The Kier molecular flexibility index (Phi) is 6.46. The number of carbonyl (C=O) groups is 1. The third-order valence-corrected chi connectivity index (χ3v) is 7.33. The number of nitrogens with zero attached hydrogens (tertiary/aromatic N) is 3. The lowest BCUT2D eigenvalue weighted by molar-refractivity contribution is -0.129. The molecule has 4 rings (SSSR count). The Balaban J connectivity index is 1.70. The molecule has 1 saturated carbocycles. The van der Waals surface area contributed by atoms with Gasteiger partial charge >= 0.3 is 0 Å². The summed E-state index contributed by atoms with van der Waals surface area (Å²) in [5.74, 6) is 0.356. The van der Waals surface area contributed by atoms with E-state index in [2.05, 4.69) is 0 Å². The van der Waals surface area contributed by atoms with Gasteiger partial charge in [0.15, 0.2) is 5.16 Å². The lowest BCUT2D eigenvalue weighted by Crippen LogP contribution is -2.39. The van der Waals surface area contributed by atoms with Crippen molar-refractivity contribution in [2.75, 3.05) is 12.8 Å². The van der Waals surface area contributed by atoms with Crippen molar-refractivity contribution in [3.05, 3.63) is 63.9 Å². The summed E-state index contributed by atoms with van der Waals surface area (Å²) in [5, 5.41) is 1.14. The zero-order valence-electron chi connectivity index (χ0n) is 18.4. The van der Waals surface area contributed by atoms with E-state index in [1.165, 1.54) is 31.0 Å². The minimum Gasteiger partial charge on any atom is -0.342 e. The largest absolute Gasteiger partial charge is 0.342 e. The van der Waals surface area contributed by atoms with Gasteiger partial charge in [-0.1, -0.05) is 55.3 Å². The summed E-state index contributed by atoms with van der Waals surface area (Å²) in [5.41, 5.74) is 3.52. The van der Waals surface area contributed by atoms with Gasteiger partial charge in [-0.25, -0.2) is 4.98 Å². The fourth-order valence-electron chi connectivity index (χ4n) is 4.30. The first kappa shape index (κ1) is 21.6. The van der Waals surface area contributed by atoms with Crippen LogP contribution in [0.1, 0.15) is 43.2 Å². The molecule has 5 nitrogen and oxygen atoms in total. The van der Waals surface area contributed by atoms with E-state index in [9.17, 15) is 9.59 Å². The molecule has 1 aliphatic rings. The Morgan fingerprint density at radius 1 is 1.10 bits per heavy atom. The van der Waals surface area contributed by atoms with Crippen LogP contribution in [0, 0.1) is 13.8 Å². The van der Waals surface area contributed by atoms with Crippen LogP contribution in [0.5, 0.6) is 0 Å². The first-order valence-corrected chi connectivity index (χ1v) is 11.9. The predicted molar refractivity (Wildman–Crippen MR) is 127 cm³/mol. The molecule has 1 amide bonds. The molecule has 3 aromatic rings. The molecule has 1 heterocycles. The summed E-state index contributed by atoms with van der Waals surface area (Å²) < 4.78 is 1.67. The summed E-state index contributed by atoms with van der Waals surface area (Å²) >= 11 is 1.35. The Labute approximate surface area is 187 Å². The molecule has 0 saturated heterocycles. The number of hydrogen-bond donors (Lipinski definition) is 0. The van der Waals surface area contributed by atoms with Gasteiger partial charge in [-0.15, -0.1) is 0 Å². The molecule has 2 aromatic carbocycles. The normalized spacial score (nSPS) is 14.7. The van der Waals surface area contributed by atoms with Crippen LogP contribution >= 0.6 is 11.8 Å². The van der Waals surface area contributed by atoms with E-state index in [0.717, 1.165) is 29.7 Å². The van der Waals surface area contributed by atoms with Gasteiger partial charge in [0.2, 0.25) is 5.91 Å². The first-order chi connectivity index (χ1) is 15.0. The highest BCUT2D eigenvalue weighted by Crippen LogP contribution is 2.26. The van der Waals surface area contributed by atoms with Crippen molar-refractivity contribution in [1.29, 1.82) is 0 Å². The number of fused-ring (bicyclic) bond motifs is 1. The van der Waals surface area contributed by atoms with Crippen LogP contribution < -0.4 is 5.56 Å². The van der Waals surface area contributed by atoms with Gasteiger partial charge < -0.3 is 4.90 Å². The molecule has 31 heavy (non-hydrogen) atoms. The third-order valence-electron chi connectivity index (χ3n) is 6.40. The minimum atomic E-state index is -0.102. The van der Waals surface area contributed by atoms with Crippen LogP contribution in [0.4, 0.5) is 0 Å². The van der Waals surface area contributed by atoms with Crippen LogP contribution in [0.25, 0.3) is 16.6 Å². The quantitative estimate of drug-likeness (QED) is 0.423. The first-order valence-electron chi connectivity index (χ1n) is 10.9. The Morgan fingerprint density at radius 2 is 1.84 bits per heavy atom. The van der Waals surface area contributed by atoms with Crippen LogP contribution in [0.2, 0.25) is 0 Å². The number of aromatic nitrogens is 2. The van der Waals surface area contributed by atoms with Gasteiger partial charge in [0.1, 0.15) is 0 Å². The number of thioether (sulfide) groups is 1. The second-order valence-electron chi connectivity index (χ2n) is 8.36. The number of amides is 1. The summed E-state index contributed by atoms with van der Waals surface area (Å²) in [6.45, 7) is 4.05. The Hall–Kier alpha value is -2.60. The second-order valence-corrected chi connectivity index (χ2v) is 9.30. The second kappa shape index (κ2) is 9.27. The molecule has 0 unspecified atom stereocenters. The van der Waals surface area contributed by atoms with Gasteiger partial charge in [0, 0.05) is 13.1 Å². The standard InChI is InChI=1S/C25H29N3O2S/c1-17-10-9-15-22(18(17)2)28-24(30)20-13-7-8-14-21(20)26-25(28)31-16-23(29)27(3)19-11-5-4-6-12-19/h7-10,13-15,19H,4-6,11-12,16H2,1-3H3. The molecule has 1 aromatic heterocycles. The zero-order valence-corrected chi connectivity index (χ0v) is 19.2. The number of rotatable bonds is 5. The molecule has 0 N–H and O–H groups in total. The fourth-order valence-corrected chi connectivity index (χ4v) is 5.23. The smallest absolute Gasteiger partial charge is 0.266 e. The Bertz CT molecular complexity index is 1170. The molecule has 1 fully saturated rings. The van der Waals surface area contributed by atoms with Crippen LogP contribution in [0.15, 0.2) is 52.4 Å². The number of para-hydroxylation sites is 1. The van der Waals surface area contributed by atoms with Gasteiger partial charge in [-0.3, -0.25) is 14.2 Å². The number of carbonyl (C=O) groups excluding carboxylic acids is 1. The molecule has 6 heteroatoms. The van der Waals surface area contributed by atoms with Crippen molar-refractivity contribution in [2.45, 2.75) is 57.1 Å². The third kappa shape index (κ3) is 4.40. The lowest BCUT2D eigenvalue weighted by atomic mass is 9.94. The maximum atomic E-state index is 13.5. The molecule has 1 aliphatic carbocycles. The maximum Gasteiger partial charge on any atom is 0.266 e. The molecular weight excluding hydrogens is 406 g/mol. The van der Waals surface area contributed by atoms with Crippen molar-refractivity contribution in [3.8, 4) is 5.69 Å². The van der Waals surface area contributed by atoms with E-state index >= 15 is 0 Å². The molecule has 0 spiro atoms. The highest BCUT2D eigenvalue weighted by molar-refractivity contribution is 7.99. The van der Waals surface area contributed by atoms with Crippen molar-refractivity contribution in [2.24, 2.45) is 0 Å². The van der Waals surface area contributed by atoms with E-state index in [4.69, 9.17) is 4.98 Å². The van der Waals surface area contributed by atoms with Crippen LogP contribution in [-0.2, 0) is 4.79 Å². The highest BCUT2D eigenvalue weighted by atomic mass is 32.2. The Morgan fingerprint density at radius 3 is 2.61 bits per heavy atom. The van der Waals surface area contributed by atoms with Crippen molar-refractivity contribution in [3.63, 3.8) is 0 Å².